The molecule has 0 saturated heterocycles. The van der Waals surface area contributed by atoms with Gasteiger partial charge in [0.05, 0.1) is 23.8 Å². The lowest BCUT2D eigenvalue weighted by Gasteiger charge is -2.30. The van der Waals surface area contributed by atoms with Gasteiger partial charge in [0.1, 0.15) is 0 Å². The van der Waals surface area contributed by atoms with Crippen molar-refractivity contribution in [3.63, 3.8) is 0 Å². The fourth-order valence-corrected chi connectivity index (χ4v) is 2.08. The molecule has 1 aromatic heterocycles. The Kier molecular flexibility index (Phi) is 3.47. The lowest BCUT2D eigenvalue weighted by molar-refractivity contribution is -0.134. The van der Waals surface area contributed by atoms with Crippen molar-refractivity contribution in [1.29, 1.82) is 0 Å². The number of rotatable bonds is 3. The monoisotopic (exact) mass is 236 g/mol. The van der Waals surface area contributed by atoms with Crippen LogP contribution in [0.5, 0.6) is 0 Å². The lowest BCUT2D eigenvalue weighted by Crippen LogP contribution is -2.50. The molecular weight excluding hydrogens is 216 g/mol. The van der Waals surface area contributed by atoms with Crippen LogP contribution in [0.15, 0.2) is 6.33 Å². The largest absolute Gasteiger partial charge is 0.347 e. The summed E-state index contributed by atoms with van der Waals surface area (Å²) in [4.78, 5) is 21.4. The van der Waals surface area contributed by atoms with Crippen molar-refractivity contribution in [1.82, 2.24) is 20.2 Å². The lowest BCUT2D eigenvalue weighted by atomic mass is 10.0. The van der Waals surface area contributed by atoms with Crippen LogP contribution in [0.4, 0.5) is 0 Å². The van der Waals surface area contributed by atoms with E-state index in [0.717, 1.165) is 17.8 Å². The minimum Gasteiger partial charge on any atom is -0.347 e. The number of fused-ring (bicyclic) bond motifs is 1. The maximum Gasteiger partial charge on any atom is 0.240 e. The smallest absolute Gasteiger partial charge is 0.240 e. The summed E-state index contributed by atoms with van der Waals surface area (Å²) in [6, 6.07) is 0.148. The normalized spacial score (nSPS) is 20.8. The highest BCUT2D eigenvalue weighted by Gasteiger charge is 2.29. The highest BCUT2D eigenvalue weighted by molar-refractivity contribution is 5.82. The molecule has 2 N–H and O–H groups in total. The van der Waals surface area contributed by atoms with Crippen molar-refractivity contribution >= 4 is 5.91 Å². The summed E-state index contributed by atoms with van der Waals surface area (Å²) in [6.45, 7) is 4.86. The van der Waals surface area contributed by atoms with E-state index >= 15 is 0 Å². The molecule has 2 rings (SSSR count). The number of imidazole rings is 1. The molecule has 5 nitrogen and oxygen atoms in total. The van der Waals surface area contributed by atoms with E-state index in [4.69, 9.17) is 0 Å². The number of hydrogen-bond acceptors (Lipinski definition) is 3. The Labute approximate surface area is 102 Å². The Bertz CT molecular complexity index is 401. The standard InChI is InChI=1S/C12H20N4O/c1-4-8(2)16(3)12(17)10-5-9-11(6-13-10)15-7-14-9/h7-8,10,13H,4-6H2,1-3H3,(H,14,15). The number of aromatic amines is 1. The number of amides is 1. The average Bonchev–Trinajstić information content (AvgIpc) is 2.83. The maximum absolute atomic E-state index is 12.3. The first-order chi connectivity index (χ1) is 8.13. The molecule has 1 aliphatic rings. The van der Waals surface area contributed by atoms with E-state index in [2.05, 4.69) is 29.1 Å². The Morgan fingerprint density at radius 1 is 1.71 bits per heavy atom. The van der Waals surface area contributed by atoms with E-state index in [0.29, 0.717) is 13.0 Å². The van der Waals surface area contributed by atoms with E-state index in [1.54, 1.807) is 6.33 Å². The third-order valence-electron chi connectivity index (χ3n) is 3.63. The first kappa shape index (κ1) is 12.1. The van der Waals surface area contributed by atoms with Crippen LogP contribution >= 0.6 is 0 Å². The number of carbonyl (C=O) groups excluding carboxylic acids is 1. The van der Waals surface area contributed by atoms with Gasteiger partial charge in [-0.25, -0.2) is 4.98 Å². The number of likely N-dealkylation sites (N-methyl/N-ethyl adjacent to an activating group) is 1. The number of carbonyl (C=O) groups is 1. The van der Waals surface area contributed by atoms with Crippen LogP contribution in [-0.4, -0.2) is 39.9 Å². The average molecular weight is 236 g/mol. The third-order valence-corrected chi connectivity index (χ3v) is 3.63. The maximum atomic E-state index is 12.3. The number of nitrogens with zero attached hydrogens (tertiary/aromatic N) is 2. The fraction of sp³-hybridized carbons (Fsp3) is 0.667. The molecule has 0 saturated carbocycles. The summed E-state index contributed by atoms with van der Waals surface area (Å²) in [6.07, 6.45) is 3.35. The van der Waals surface area contributed by atoms with Crippen LogP contribution in [0.1, 0.15) is 31.7 Å². The molecule has 0 aliphatic carbocycles. The molecule has 0 spiro atoms. The van der Waals surface area contributed by atoms with Crippen molar-refractivity contribution < 1.29 is 4.79 Å². The van der Waals surface area contributed by atoms with Gasteiger partial charge in [-0.1, -0.05) is 6.92 Å². The topological polar surface area (TPSA) is 61.0 Å². The molecule has 1 aliphatic heterocycles. The first-order valence-electron chi connectivity index (χ1n) is 6.14. The Hall–Kier alpha value is -1.36. The van der Waals surface area contributed by atoms with E-state index in [-0.39, 0.29) is 18.0 Å². The van der Waals surface area contributed by atoms with E-state index in [1.165, 1.54) is 0 Å². The molecule has 1 amide bonds. The van der Waals surface area contributed by atoms with E-state index < -0.39 is 0 Å². The van der Waals surface area contributed by atoms with Gasteiger partial charge in [-0.15, -0.1) is 0 Å². The highest BCUT2D eigenvalue weighted by Crippen LogP contribution is 2.14. The second-order valence-corrected chi connectivity index (χ2v) is 4.67. The van der Waals surface area contributed by atoms with Crippen LogP contribution in [-0.2, 0) is 17.8 Å². The molecule has 2 atom stereocenters. The zero-order chi connectivity index (χ0) is 12.4. The second kappa shape index (κ2) is 4.87. The quantitative estimate of drug-likeness (QED) is 0.811. The summed E-state index contributed by atoms with van der Waals surface area (Å²) in [7, 11) is 1.87. The van der Waals surface area contributed by atoms with Crippen molar-refractivity contribution in [3.05, 3.63) is 17.7 Å². The van der Waals surface area contributed by atoms with Crippen LogP contribution in [0, 0.1) is 0 Å². The summed E-state index contributed by atoms with van der Waals surface area (Å²) in [5.41, 5.74) is 2.11. The Morgan fingerprint density at radius 3 is 3.18 bits per heavy atom. The van der Waals surface area contributed by atoms with Gasteiger partial charge in [0, 0.05) is 26.1 Å². The molecule has 94 valence electrons. The summed E-state index contributed by atoms with van der Waals surface area (Å²) < 4.78 is 0. The predicted octanol–water partition coefficient (Wildman–Crippen LogP) is 0.681. The van der Waals surface area contributed by atoms with Gasteiger partial charge >= 0.3 is 0 Å². The minimum absolute atomic E-state index is 0.134. The number of H-pyrrole nitrogens is 1. The summed E-state index contributed by atoms with van der Waals surface area (Å²) in [5, 5.41) is 3.26. The van der Waals surface area contributed by atoms with Gasteiger partial charge in [0.2, 0.25) is 5.91 Å². The number of nitrogens with one attached hydrogen (secondary N) is 2. The Balaban J connectivity index is 2.03. The molecule has 0 bridgehead atoms. The van der Waals surface area contributed by atoms with Crippen molar-refractivity contribution in [2.24, 2.45) is 0 Å². The number of hydrogen-bond donors (Lipinski definition) is 2. The zero-order valence-electron chi connectivity index (χ0n) is 10.7. The third kappa shape index (κ3) is 2.34. The van der Waals surface area contributed by atoms with Gasteiger partial charge in [-0.2, -0.15) is 0 Å². The van der Waals surface area contributed by atoms with Gasteiger partial charge in [0.15, 0.2) is 0 Å². The SMILES string of the molecule is CCC(C)N(C)C(=O)C1Cc2nc[nH]c2CN1. The Morgan fingerprint density at radius 2 is 2.47 bits per heavy atom. The molecule has 2 unspecified atom stereocenters. The van der Waals surface area contributed by atoms with Crippen LogP contribution in [0.3, 0.4) is 0 Å². The zero-order valence-corrected chi connectivity index (χ0v) is 10.7. The van der Waals surface area contributed by atoms with Crippen LogP contribution in [0.2, 0.25) is 0 Å². The van der Waals surface area contributed by atoms with Gasteiger partial charge in [0.25, 0.3) is 0 Å². The van der Waals surface area contributed by atoms with Crippen LogP contribution < -0.4 is 5.32 Å². The summed E-state index contributed by atoms with van der Waals surface area (Å²) >= 11 is 0. The van der Waals surface area contributed by atoms with Crippen molar-refractivity contribution in [2.45, 2.75) is 45.3 Å². The van der Waals surface area contributed by atoms with Crippen molar-refractivity contribution in [2.75, 3.05) is 7.05 Å². The van der Waals surface area contributed by atoms with Crippen LogP contribution in [0.25, 0.3) is 0 Å². The molecular formula is C12H20N4O. The molecule has 17 heavy (non-hydrogen) atoms. The fourth-order valence-electron chi connectivity index (χ4n) is 2.08. The van der Waals surface area contributed by atoms with Crippen molar-refractivity contribution in [3.8, 4) is 0 Å². The molecule has 0 fully saturated rings. The van der Waals surface area contributed by atoms with E-state index in [1.807, 2.05) is 11.9 Å². The molecule has 0 aromatic carbocycles. The predicted molar refractivity (Wildman–Crippen MR) is 65.4 cm³/mol. The second-order valence-electron chi connectivity index (χ2n) is 4.67. The first-order valence-corrected chi connectivity index (χ1v) is 6.14. The molecule has 2 heterocycles. The summed E-state index contributed by atoms with van der Waals surface area (Å²) in [5.74, 6) is 0.160. The highest BCUT2D eigenvalue weighted by atomic mass is 16.2. The molecule has 0 radical (unpaired) electrons. The van der Waals surface area contributed by atoms with Gasteiger partial charge in [-0.3, -0.25) is 10.1 Å². The molecule has 5 heteroatoms. The molecule has 1 aromatic rings. The van der Waals surface area contributed by atoms with E-state index in [9.17, 15) is 4.79 Å². The van der Waals surface area contributed by atoms with Gasteiger partial charge in [-0.05, 0) is 13.3 Å². The minimum atomic E-state index is -0.134. The van der Waals surface area contributed by atoms with Gasteiger partial charge < -0.3 is 9.88 Å². The number of aromatic nitrogens is 2.